The van der Waals surface area contributed by atoms with Crippen molar-refractivity contribution in [3.63, 3.8) is 0 Å². The van der Waals surface area contributed by atoms with Crippen molar-refractivity contribution in [2.24, 2.45) is 5.92 Å². The Morgan fingerprint density at radius 3 is 2.70 bits per heavy atom. The van der Waals surface area contributed by atoms with Crippen LogP contribution in [0, 0.1) is 24.2 Å². The van der Waals surface area contributed by atoms with Gasteiger partial charge < -0.3 is 4.90 Å². The molecule has 5 nitrogen and oxygen atoms in total. The number of carbonyl (C=O) groups excluding carboxylic acids is 1. The average molecular weight is 401 g/mol. The Bertz CT molecular complexity index is 819. The van der Waals surface area contributed by atoms with Gasteiger partial charge in [0.05, 0.1) is 11.6 Å². The molecule has 1 saturated carbocycles. The van der Waals surface area contributed by atoms with Gasteiger partial charge in [-0.25, -0.2) is 4.98 Å². The van der Waals surface area contributed by atoms with E-state index >= 15 is 0 Å². The zero-order valence-corrected chi connectivity index (χ0v) is 17.3. The van der Waals surface area contributed by atoms with Crippen LogP contribution in [-0.4, -0.2) is 23.7 Å². The third kappa shape index (κ3) is 4.82. The third-order valence-corrected chi connectivity index (χ3v) is 6.35. The van der Waals surface area contributed by atoms with Crippen molar-refractivity contribution in [1.82, 2.24) is 9.71 Å². The average Bonchev–Trinajstić information content (AvgIpc) is 3.32. The van der Waals surface area contributed by atoms with E-state index in [1.54, 1.807) is 11.3 Å². The highest BCUT2D eigenvalue weighted by Gasteiger charge is 2.22. The third-order valence-electron chi connectivity index (χ3n) is 4.97. The van der Waals surface area contributed by atoms with E-state index in [1.807, 2.05) is 37.4 Å². The summed E-state index contributed by atoms with van der Waals surface area (Å²) in [6, 6.07) is 9.76. The van der Waals surface area contributed by atoms with Gasteiger partial charge in [0.2, 0.25) is 0 Å². The van der Waals surface area contributed by atoms with Crippen LogP contribution >= 0.6 is 23.3 Å². The zero-order chi connectivity index (χ0) is 19.2. The Kier molecular flexibility index (Phi) is 6.75. The second kappa shape index (κ2) is 9.25. The highest BCUT2D eigenvalue weighted by Crippen LogP contribution is 2.34. The van der Waals surface area contributed by atoms with Gasteiger partial charge in [-0.1, -0.05) is 37.6 Å². The molecule has 1 amide bonds. The molecule has 7 heteroatoms. The molecule has 0 spiro atoms. The van der Waals surface area contributed by atoms with E-state index in [-0.39, 0.29) is 5.91 Å². The van der Waals surface area contributed by atoms with Gasteiger partial charge in [0, 0.05) is 23.4 Å². The predicted octanol–water partition coefficient (Wildman–Crippen LogP) is 5.05. The lowest BCUT2D eigenvalue weighted by Crippen LogP contribution is -2.21. The van der Waals surface area contributed by atoms with Gasteiger partial charge in [0.15, 0.2) is 5.13 Å². The number of thiazole rings is 1. The van der Waals surface area contributed by atoms with Gasteiger partial charge in [0.25, 0.3) is 5.91 Å². The van der Waals surface area contributed by atoms with E-state index in [9.17, 15) is 4.79 Å². The molecule has 1 aliphatic carbocycles. The number of rotatable bonds is 7. The number of carbonyl (C=O) groups is 1. The SMILES string of the molecule is CSNC(=O)c1nc(N(CCC2CCCC2)c2ccc(C#N)cc2)sc1C. The second-order valence-corrected chi connectivity index (χ2v) is 8.58. The van der Waals surface area contributed by atoms with Crippen molar-refractivity contribution in [2.75, 3.05) is 17.7 Å². The summed E-state index contributed by atoms with van der Waals surface area (Å²) in [7, 11) is 0. The minimum atomic E-state index is -0.155. The fourth-order valence-corrected chi connectivity index (χ4v) is 4.75. The van der Waals surface area contributed by atoms with E-state index in [2.05, 4.69) is 20.7 Å². The number of aryl methyl sites for hydroxylation is 1. The first-order valence-electron chi connectivity index (χ1n) is 9.21. The summed E-state index contributed by atoms with van der Waals surface area (Å²) in [6.07, 6.45) is 8.21. The predicted molar refractivity (Wildman–Crippen MR) is 113 cm³/mol. The maximum atomic E-state index is 12.2. The molecule has 1 aromatic carbocycles. The van der Waals surface area contributed by atoms with Gasteiger partial charge in [0.1, 0.15) is 5.69 Å². The van der Waals surface area contributed by atoms with Crippen LogP contribution < -0.4 is 9.62 Å². The molecule has 0 bridgehead atoms. The monoisotopic (exact) mass is 400 g/mol. The number of hydrogen-bond donors (Lipinski definition) is 1. The fourth-order valence-electron chi connectivity index (χ4n) is 3.51. The summed E-state index contributed by atoms with van der Waals surface area (Å²) in [5.41, 5.74) is 2.14. The Balaban J connectivity index is 1.87. The van der Waals surface area contributed by atoms with Gasteiger partial charge in [-0.15, -0.1) is 11.3 Å². The molecule has 1 N–H and O–H groups in total. The Hall–Kier alpha value is -2.04. The van der Waals surface area contributed by atoms with Crippen molar-refractivity contribution in [1.29, 1.82) is 5.26 Å². The topological polar surface area (TPSA) is 69.0 Å². The quantitative estimate of drug-likeness (QED) is 0.659. The molecule has 0 aliphatic heterocycles. The molecule has 1 aliphatic rings. The van der Waals surface area contributed by atoms with E-state index in [0.29, 0.717) is 11.3 Å². The number of amides is 1. The molecule has 0 unspecified atom stereocenters. The number of aromatic nitrogens is 1. The Morgan fingerprint density at radius 2 is 2.07 bits per heavy atom. The molecule has 0 saturated heterocycles. The molecule has 142 valence electrons. The fraction of sp³-hybridized carbons (Fsp3) is 0.450. The van der Waals surface area contributed by atoms with Gasteiger partial charge in [-0.2, -0.15) is 5.26 Å². The lowest BCUT2D eigenvalue weighted by molar-refractivity contribution is 0.0980. The largest absolute Gasteiger partial charge is 0.318 e. The zero-order valence-electron chi connectivity index (χ0n) is 15.7. The van der Waals surface area contributed by atoms with Crippen LogP contribution in [0.1, 0.15) is 53.0 Å². The summed E-state index contributed by atoms with van der Waals surface area (Å²) in [5, 5.41) is 9.90. The van der Waals surface area contributed by atoms with E-state index < -0.39 is 0 Å². The maximum absolute atomic E-state index is 12.2. The summed E-state index contributed by atoms with van der Waals surface area (Å²) >= 11 is 2.82. The normalized spacial score (nSPS) is 14.1. The number of anilines is 2. The van der Waals surface area contributed by atoms with Crippen LogP contribution in [0.2, 0.25) is 0 Å². The molecule has 0 radical (unpaired) electrons. The van der Waals surface area contributed by atoms with Crippen molar-refractivity contribution >= 4 is 40.0 Å². The molecule has 1 fully saturated rings. The summed E-state index contributed by atoms with van der Waals surface area (Å²) in [4.78, 5) is 20.0. The molecular formula is C20H24N4OS2. The van der Waals surface area contributed by atoms with Gasteiger partial charge >= 0.3 is 0 Å². The van der Waals surface area contributed by atoms with Crippen LogP contribution in [0.5, 0.6) is 0 Å². The van der Waals surface area contributed by atoms with Crippen molar-refractivity contribution < 1.29 is 4.79 Å². The highest BCUT2D eigenvalue weighted by molar-refractivity contribution is 7.97. The van der Waals surface area contributed by atoms with Crippen LogP contribution in [0.4, 0.5) is 10.8 Å². The summed E-state index contributed by atoms with van der Waals surface area (Å²) in [6.45, 7) is 2.80. The smallest absolute Gasteiger partial charge is 0.280 e. The number of nitriles is 1. The highest BCUT2D eigenvalue weighted by atomic mass is 32.2. The molecule has 0 atom stereocenters. The van der Waals surface area contributed by atoms with Crippen LogP contribution in [0.3, 0.4) is 0 Å². The van der Waals surface area contributed by atoms with Crippen molar-refractivity contribution in [2.45, 2.75) is 39.0 Å². The molecule has 27 heavy (non-hydrogen) atoms. The Morgan fingerprint density at radius 1 is 1.37 bits per heavy atom. The summed E-state index contributed by atoms with van der Waals surface area (Å²) in [5.74, 6) is 0.615. The minimum Gasteiger partial charge on any atom is -0.318 e. The minimum absolute atomic E-state index is 0.155. The first-order valence-corrected chi connectivity index (χ1v) is 11.2. The first-order chi connectivity index (χ1) is 13.1. The lowest BCUT2D eigenvalue weighted by Gasteiger charge is -2.23. The van der Waals surface area contributed by atoms with E-state index in [1.165, 1.54) is 37.6 Å². The number of nitrogens with one attached hydrogen (secondary N) is 1. The second-order valence-electron chi connectivity index (χ2n) is 6.79. The standard InChI is InChI=1S/C20H24N4OS2/c1-14-18(19(25)23-26-2)22-20(27-14)24(12-11-15-5-3-4-6-15)17-9-7-16(13-21)8-10-17/h7-10,15H,3-6,11-12H2,1-2H3,(H,23,25). The van der Waals surface area contributed by atoms with E-state index in [4.69, 9.17) is 5.26 Å². The molecule has 3 rings (SSSR count). The van der Waals surface area contributed by atoms with Crippen LogP contribution in [0.15, 0.2) is 24.3 Å². The molecule has 1 heterocycles. The lowest BCUT2D eigenvalue weighted by atomic mass is 10.0. The van der Waals surface area contributed by atoms with Gasteiger partial charge in [-0.05, 0) is 43.5 Å². The van der Waals surface area contributed by atoms with Crippen LogP contribution in [-0.2, 0) is 0 Å². The van der Waals surface area contributed by atoms with E-state index in [0.717, 1.165) is 34.6 Å². The Labute approximate surface area is 168 Å². The van der Waals surface area contributed by atoms with Crippen molar-refractivity contribution in [3.05, 3.63) is 40.4 Å². The number of hydrogen-bond acceptors (Lipinski definition) is 6. The number of nitrogens with zero attached hydrogens (tertiary/aromatic N) is 3. The van der Waals surface area contributed by atoms with Crippen LogP contribution in [0.25, 0.3) is 0 Å². The molecular weight excluding hydrogens is 376 g/mol. The van der Waals surface area contributed by atoms with Gasteiger partial charge in [-0.3, -0.25) is 9.52 Å². The molecule has 1 aromatic heterocycles. The number of benzene rings is 1. The maximum Gasteiger partial charge on any atom is 0.280 e. The summed E-state index contributed by atoms with van der Waals surface area (Å²) < 4.78 is 2.75. The van der Waals surface area contributed by atoms with Crippen molar-refractivity contribution in [3.8, 4) is 6.07 Å². The first kappa shape index (κ1) is 19.7. The molecule has 2 aromatic rings.